The molecule has 1 aromatic carbocycles. The van der Waals surface area contributed by atoms with Crippen molar-refractivity contribution in [3.05, 3.63) is 29.3 Å². The zero-order valence-electron chi connectivity index (χ0n) is 9.19. The molecule has 1 aromatic rings. The van der Waals surface area contributed by atoms with Gasteiger partial charge in [-0.25, -0.2) is 0 Å². The second-order valence-corrected chi connectivity index (χ2v) is 4.03. The van der Waals surface area contributed by atoms with Crippen molar-refractivity contribution in [3.63, 3.8) is 0 Å². The summed E-state index contributed by atoms with van der Waals surface area (Å²) in [6, 6.07) is 2.13. The van der Waals surface area contributed by atoms with Gasteiger partial charge in [0.1, 0.15) is 11.5 Å². The normalized spacial score (nSPS) is 12.3. The van der Waals surface area contributed by atoms with Crippen LogP contribution in [0.2, 0.25) is 0 Å². The zero-order chi connectivity index (χ0) is 14.8. The molecule has 1 rings (SSSR count). The van der Waals surface area contributed by atoms with Gasteiger partial charge in [-0.1, -0.05) is 12.2 Å². The van der Waals surface area contributed by atoms with E-state index in [0.717, 1.165) is 6.07 Å². The number of nitrogens with one attached hydrogen (secondary N) is 1. The van der Waals surface area contributed by atoms with Crippen LogP contribution >= 0.6 is 12.2 Å². The van der Waals surface area contributed by atoms with Gasteiger partial charge in [0, 0.05) is 11.3 Å². The number of benzene rings is 1. The lowest BCUT2D eigenvalue weighted by atomic mass is 10.1. The van der Waals surface area contributed by atoms with Crippen molar-refractivity contribution in [1.82, 2.24) is 0 Å². The van der Waals surface area contributed by atoms with E-state index >= 15 is 0 Å². The molecule has 0 saturated carbocycles. The van der Waals surface area contributed by atoms with Crippen LogP contribution in [0.15, 0.2) is 18.2 Å². The maximum absolute atomic E-state index is 12.5. The molecule has 0 saturated heterocycles. The summed E-state index contributed by atoms with van der Waals surface area (Å²) in [7, 11) is 0. The van der Waals surface area contributed by atoms with Crippen LogP contribution in [0.3, 0.4) is 0 Å². The van der Waals surface area contributed by atoms with E-state index in [1.165, 1.54) is 0 Å². The van der Waals surface area contributed by atoms with Crippen LogP contribution < -0.4 is 11.1 Å². The number of thiocarbonyl (C=S) groups is 1. The third kappa shape index (κ3) is 4.58. The molecule has 0 aliphatic rings. The number of hydrogen-bond acceptors (Lipinski definition) is 2. The lowest BCUT2D eigenvalue weighted by molar-refractivity contribution is -0.137. The summed E-state index contributed by atoms with van der Waals surface area (Å²) in [6.07, 6.45) is -9.13. The molecule has 19 heavy (non-hydrogen) atoms. The smallest absolute Gasteiger partial charge is 0.389 e. The van der Waals surface area contributed by atoms with Crippen LogP contribution in [0.25, 0.3) is 0 Å². The summed E-state index contributed by atoms with van der Waals surface area (Å²) >= 11 is 4.53. The molecule has 0 aromatic heterocycles. The van der Waals surface area contributed by atoms with E-state index in [4.69, 9.17) is 5.73 Å². The minimum atomic E-state index is -4.62. The highest BCUT2D eigenvalue weighted by molar-refractivity contribution is 7.80. The number of rotatable bonds is 3. The number of halogens is 6. The Labute approximate surface area is 109 Å². The molecular formula is C10H8F6N2S. The van der Waals surface area contributed by atoms with Gasteiger partial charge in [0.25, 0.3) is 0 Å². The van der Waals surface area contributed by atoms with E-state index in [2.05, 4.69) is 12.2 Å². The molecule has 2 nitrogen and oxygen atoms in total. The van der Waals surface area contributed by atoms with Gasteiger partial charge < -0.3 is 11.1 Å². The SMILES string of the molecule is NC(=S)c1cc(C(F)(F)F)ccc1NCC(F)(F)F. The van der Waals surface area contributed by atoms with Gasteiger partial charge in [0.05, 0.1) is 5.56 Å². The van der Waals surface area contributed by atoms with Crippen molar-refractivity contribution >= 4 is 22.9 Å². The Morgan fingerprint density at radius 3 is 2.16 bits per heavy atom. The Kier molecular flexibility index (Phi) is 4.28. The molecule has 9 heteroatoms. The first kappa shape index (κ1) is 15.5. The van der Waals surface area contributed by atoms with Crippen LogP contribution in [0.4, 0.5) is 32.0 Å². The van der Waals surface area contributed by atoms with Gasteiger partial charge in [0.15, 0.2) is 0 Å². The van der Waals surface area contributed by atoms with Crippen molar-refractivity contribution < 1.29 is 26.3 Å². The van der Waals surface area contributed by atoms with E-state index in [9.17, 15) is 26.3 Å². The van der Waals surface area contributed by atoms with Crippen LogP contribution in [0, 0.1) is 0 Å². The molecular weight excluding hydrogens is 294 g/mol. The molecule has 0 aliphatic carbocycles. The van der Waals surface area contributed by atoms with Gasteiger partial charge in [-0.15, -0.1) is 0 Å². The molecule has 0 bridgehead atoms. The first-order valence-corrected chi connectivity index (χ1v) is 5.23. The highest BCUT2D eigenvalue weighted by Crippen LogP contribution is 2.32. The largest absolute Gasteiger partial charge is 0.416 e. The maximum atomic E-state index is 12.5. The summed E-state index contributed by atoms with van der Waals surface area (Å²) in [5.41, 5.74) is 3.69. The Hall–Kier alpha value is -1.51. The topological polar surface area (TPSA) is 38.0 Å². The van der Waals surface area contributed by atoms with E-state index in [0.29, 0.717) is 12.1 Å². The second kappa shape index (κ2) is 5.24. The summed E-state index contributed by atoms with van der Waals surface area (Å²) in [6.45, 7) is -1.39. The lowest BCUT2D eigenvalue weighted by Gasteiger charge is -2.15. The summed E-state index contributed by atoms with van der Waals surface area (Å²) in [4.78, 5) is -0.421. The van der Waals surface area contributed by atoms with Gasteiger partial charge in [-0.05, 0) is 18.2 Å². The minimum Gasteiger partial charge on any atom is -0.389 e. The summed E-state index contributed by atoms with van der Waals surface area (Å²) in [5, 5.41) is 1.95. The highest BCUT2D eigenvalue weighted by Gasteiger charge is 2.32. The fraction of sp³-hybridized carbons (Fsp3) is 0.300. The van der Waals surface area contributed by atoms with Crippen molar-refractivity contribution in [2.24, 2.45) is 5.73 Å². The Balaban J connectivity index is 3.09. The van der Waals surface area contributed by atoms with Crippen LogP contribution in [0.1, 0.15) is 11.1 Å². The van der Waals surface area contributed by atoms with E-state index in [1.807, 2.05) is 5.32 Å². The van der Waals surface area contributed by atoms with Gasteiger partial charge in [0.2, 0.25) is 0 Å². The quantitative estimate of drug-likeness (QED) is 0.664. The Morgan fingerprint density at radius 1 is 1.16 bits per heavy atom. The Morgan fingerprint density at radius 2 is 1.74 bits per heavy atom. The van der Waals surface area contributed by atoms with E-state index < -0.39 is 29.4 Å². The molecule has 3 N–H and O–H groups in total. The van der Waals surface area contributed by atoms with Crippen molar-refractivity contribution in [1.29, 1.82) is 0 Å². The summed E-state index contributed by atoms with van der Waals surface area (Å²) in [5.74, 6) is 0. The lowest BCUT2D eigenvalue weighted by Crippen LogP contribution is -2.23. The maximum Gasteiger partial charge on any atom is 0.416 e. The highest BCUT2D eigenvalue weighted by atomic mass is 32.1. The fourth-order valence-electron chi connectivity index (χ4n) is 1.27. The van der Waals surface area contributed by atoms with E-state index in [1.54, 1.807) is 0 Å². The standard InChI is InChI=1S/C10H8F6N2S/c11-9(12,13)4-18-7-2-1-5(10(14,15)16)3-6(7)8(17)19/h1-3,18H,4H2,(H2,17,19). The van der Waals surface area contributed by atoms with Crippen LogP contribution in [-0.4, -0.2) is 17.7 Å². The molecule has 106 valence electrons. The molecule has 0 unspecified atom stereocenters. The zero-order valence-corrected chi connectivity index (χ0v) is 10.0. The predicted molar refractivity (Wildman–Crippen MR) is 61.9 cm³/mol. The van der Waals surface area contributed by atoms with Crippen LogP contribution in [-0.2, 0) is 6.18 Å². The van der Waals surface area contributed by atoms with Gasteiger partial charge in [-0.3, -0.25) is 0 Å². The number of alkyl halides is 6. The number of hydrogen-bond donors (Lipinski definition) is 2. The molecule has 0 radical (unpaired) electrons. The third-order valence-electron chi connectivity index (χ3n) is 2.09. The van der Waals surface area contributed by atoms with Crippen LogP contribution in [0.5, 0.6) is 0 Å². The average Bonchev–Trinajstić information content (AvgIpc) is 2.23. The molecule has 0 aliphatic heterocycles. The van der Waals surface area contributed by atoms with E-state index in [-0.39, 0.29) is 11.3 Å². The first-order valence-electron chi connectivity index (χ1n) is 4.82. The monoisotopic (exact) mass is 302 g/mol. The molecule has 0 heterocycles. The van der Waals surface area contributed by atoms with Gasteiger partial charge >= 0.3 is 12.4 Å². The molecule has 0 spiro atoms. The number of anilines is 1. The van der Waals surface area contributed by atoms with Crippen molar-refractivity contribution in [3.8, 4) is 0 Å². The van der Waals surface area contributed by atoms with Gasteiger partial charge in [-0.2, -0.15) is 26.3 Å². The Bertz CT molecular complexity index is 480. The first-order chi connectivity index (χ1) is 8.50. The molecule has 0 amide bonds. The second-order valence-electron chi connectivity index (χ2n) is 3.59. The van der Waals surface area contributed by atoms with Crippen molar-refractivity contribution in [2.75, 3.05) is 11.9 Å². The average molecular weight is 302 g/mol. The third-order valence-corrected chi connectivity index (χ3v) is 2.31. The number of nitrogens with two attached hydrogens (primary N) is 1. The molecule has 0 atom stereocenters. The predicted octanol–water partition coefficient (Wildman–Crippen LogP) is 3.31. The summed E-state index contributed by atoms with van der Waals surface area (Å²) < 4.78 is 73.5. The molecule has 0 fully saturated rings. The fourth-order valence-corrected chi connectivity index (χ4v) is 1.44. The minimum absolute atomic E-state index is 0.196. The van der Waals surface area contributed by atoms with Crippen molar-refractivity contribution in [2.45, 2.75) is 12.4 Å².